The van der Waals surface area contributed by atoms with Gasteiger partial charge in [-0.3, -0.25) is 0 Å². The van der Waals surface area contributed by atoms with E-state index in [0.29, 0.717) is 11.3 Å². The highest BCUT2D eigenvalue weighted by atomic mass is 15.2. The largest absolute Gasteiger partial charge is 0.309 e. The van der Waals surface area contributed by atoms with Gasteiger partial charge >= 0.3 is 0 Å². The van der Waals surface area contributed by atoms with E-state index >= 15 is 0 Å². The van der Waals surface area contributed by atoms with Crippen LogP contribution in [0.2, 0.25) is 0 Å². The standard InChI is InChI=1S/C33H21N3/c1-35-27-20-21-30(24(22-27)23-34)36-31-18-10-8-16-28(31)33(25-12-4-2-5-13-25,26-14-6-3-7-15-26)29-17-9-11-19-32(29)36/h2-22H. The molecule has 6 rings (SSSR count). The molecule has 0 radical (unpaired) electrons. The van der Waals surface area contributed by atoms with Crippen LogP contribution in [0.15, 0.2) is 127 Å². The first-order valence-electron chi connectivity index (χ1n) is 11.8. The van der Waals surface area contributed by atoms with Crippen LogP contribution in [0, 0.1) is 17.9 Å². The third-order valence-corrected chi connectivity index (χ3v) is 6.98. The highest BCUT2D eigenvalue weighted by molar-refractivity contribution is 5.91. The first-order valence-corrected chi connectivity index (χ1v) is 11.8. The molecule has 0 spiro atoms. The van der Waals surface area contributed by atoms with Gasteiger partial charge in [-0.05, 0) is 46.5 Å². The average molecular weight is 460 g/mol. The number of hydrogen-bond donors (Lipinski definition) is 0. The van der Waals surface area contributed by atoms with Crippen molar-refractivity contribution in [2.45, 2.75) is 5.41 Å². The normalized spacial score (nSPS) is 13.1. The SMILES string of the molecule is [C-]#[N+]c1ccc(N2c3ccccc3C(c3ccccc3)(c3ccccc3)c3ccccc32)c(C#N)c1. The molecule has 0 saturated heterocycles. The molecule has 36 heavy (non-hydrogen) atoms. The van der Waals surface area contributed by atoms with E-state index in [0.717, 1.165) is 28.2 Å². The summed E-state index contributed by atoms with van der Waals surface area (Å²) < 4.78 is 0. The number of rotatable bonds is 3. The molecule has 3 nitrogen and oxygen atoms in total. The lowest BCUT2D eigenvalue weighted by molar-refractivity contribution is 0.731. The summed E-state index contributed by atoms with van der Waals surface area (Å²) >= 11 is 0. The van der Waals surface area contributed by atoms with Crippen molar-refractivity contribution in [1.82, 2.24) is 0 Å². The Morgan fingerprint density at radius 2 is 1.11 bits per heavy atom. The topological polar surface area (TPSA) is 31.4 Å². The van der Waals surface area contributed by atoms with E-state index in [1.54, 1.807) is 12.1 Å². The van der Waals surface area contributed by atoms with E-state index in [9.17, 15) is 5.26 Å². The van der Waals surface area contributed by atoms with Crippen LogP contribution in [0.4, 0.5) is 22.7 Å². The molecule has 1 aliphatic rings. The molecular weight excluding hydrogens is 438 g/mol. The lowest BCUT2D eigenvalue weighted by Gasteiger charge is -2.46. The van der Waals surface area contributed by atoms with Crippen LogP contribution in [0.25, 0.3) is 4.85 Å². The summed E-state index contributed by atoms with van der Waals surface area (Å²) in [5.74, 6) is 0. The highest BCUT2D eigenvalue weighted by Crippen LogP contribution is 2.57. The van der Waals surface area contributed by atoms with Gasteiger partial charge in [0, 0.05) is 0 Å². The number of anilines is 3. The number of nitriles is 1. The van der Waals surface area contributed by atoms with Gasteiger partial charge in [0.25, 0.3) is 0 Å². The molecule has 0 N–H and O–H groups in total. The van der Waals surface area contributed by atoms with Gasteiger partial charge in [-0.15, -0.1) is 0 Å². The molecule has 0 saturated carbocycles. The first kappa shape index (κ1) is 21.4. The smallest absolute Gasteiger partial charge is 0.188 e. The fourth-order valence-corrected chi connectivity index (χ4v) is 5.55. The monoisotopic (exact) mass is 459 g/mol. The van der Waals surface area contributed by atoms with Crippen molar-refractivity contribution in [3.8, 4) is 6.07 Å². The Balaban J connectivity index is 1.76. The van der Waals surface area contributed by atoms with E-state index in [2.05, 4.69) is 101 Å². The van der Waals surface area contributed by atoms with Gasteiger partial charge in [0.1, 0.15) is 0 Å². The van der Waals surface area contributed by atoms with Gasteiger partial charge in [-0.1, -0.05) is 103 Å². The van der Waals surface area contributed by atoms with Gasteiger partial charge in [0.2, 0.25) is 0 Å². The van der Waals surface area contributed by atoms with Gasteiger partial charge in [0.05, 0.1) is 40.7 Å². The fourth-order valence-electron chi connectivity index (χ4n) is 5.55. The number of benzene rings is 5. The summed E-state index contributed by atoms with van der Waals surface area (Å²) in [6.45, 7) is 7.41. The first-order chi connectivity index (χ1) is 17.8. The minimum atomic E-state index is -0.546. The van der Waals surface area contributed by atoms with Crippen molar-refractivity contribution >= 4 is 22.7 Å². The fraction of sp³-hybridized carbons (Fsp3) is 0.0303. The Morgan fingerprint density at radius 1 is 0.611 bits per heavy atom. The van der Waals surface area contributed by atoms with Crippen molar-refractivity contribution in [2.24, 2.45) is 0 Å². The van der Waals surface area contributed by atoms with E-state index in [-0.39, 0.29) is 0 Å². The van der Waals surface area contributed by atoms with Crippen molar-refractivity contribution in [2.75, 3.05) is 4.90 Å². The molecule has 0 fully saturated rings. The van der Waals surface area contributed by atoms with Crippen LogP contribution >= 0.6 is 0 Å². The Morgan fingerprint density at radius 3 is 1.61 bits per heavy atom. The summed E-state index contributed by atoms with van der Waals surface area (Å²) in [7, 11) is 0. The second-order valence-corrected chi connectivity index (χ2v) is 8.78. The minimum absolute atomic E-state index is 0.455. The molecule has 0 bridgehead atoms. The second-order valence-electron chi connectivity index (χ2n) is 8.78. The van der Waals surface area contributed by atoms with Crippen LogP contribution < -0.4 is 4.90 Å². The zero-order valence-corrected chi connectivity index (χ0v) is 19.5. The Bertz CT molecular complexity index is 1570. The summed E-state index contributed by atoms with van der Waals surface area (Å²) in [4.78, 5) is 5.70. The third-order valence-electron chi connectivity index (χ3n) is 6.98. The molecule has 0 unspecified atom stereocenters. The van der Waals surface area contributed by atoms with E-state index in [1.165, 1.54) is 11.1 Å². The van der Waals surface area contributed by atoms with Crippen molar-refractivity contribution < 1.29 is 0 Å². The van der Waals surface area contributed by atoms with Gasteiger partial charge in [-0.2, -0.15) is 5.26 Å². The number of hydrogen-bond acceptors (Lipinski definition) is 2. The van der Waals surface area contributed by atoms with Crippen LogP contribution in [-0.2, 0) is 5.41 Å². The van der Waals surface area contributed by atoms with Gasteiger partial charge < -0.3 is 4.90 Å². The summed E-state index contributed by atoms with van der Waals surface area (Å²) in [5, 5.41) is 10.0. The van der Waals surface area contributed by atoms with Crippen molar-refractivity contribution in [3.05, 3.63) is 167 Å². The number of fused-ring (bicyclic) bond motifs is 2. The van der Waals surface area contributed by atoms with Crippen molar-refractivity contribution in [1.29, 1.82) is 5.26 Å². The minimum Gasteiger partial charge on any atom is -0.309 e. The molecule has 5 aromatic rings. The quantitative estimate of drug-likeness (QED) is 0.249. The van der Waals surface area contributed by atoms with E-state index < -0.39 is 5.41 Å². The molecule has 1 heterocycles. The van der Waals surface area contributed by atoms with Crippen LogP contribution in [0.1, 0.15) is 27.8 Å². The molecule has 0 amide bonds. The average Bonchev–Trinajstić information content (AvgIpc) is 2.96. The van der Waals surface area contributed by atoms with Crippen LogP contribution in [0.5, 0.6) is 0 Å². The molecule has 3 heteroatoms. The van der Waals surface area contributed by atoms with Crippen LogP contribution in [0.3, 0.4) is 0 Å². The maximum absolute atomic E-state index is 10.0. The van der Waals surface area contributed by atoms with Crippen molar-refractivity contribution in [3.63, 3.8) is 0 Å². The Labute approximate surface area is 211 Å². The van der Waals surface area contributed by atoms with E-state index in [1.807, 2.05) is 30.3 Å². The second kappa shape index (κ2) is 8.58. The molecule has 1 aliphatic heterocycles. The Hall–Kier alpha value is -5.12. The molecular formula is C33H21N3. The molecule has 0 aliphatic carbocycles. The number of nitrogens with zero attached hydrogens (tertiary/aromatic N) is 3. The summed E-state index contributed by atoms with van der Waals surface area (Å²) in [6, 6.07) is 45.8. The maximum atomic E-state index is 10.0. The molecule has 5 aromatic carbocycles. The third kappa shape index (κ3) is 3.04. The van der Waals surface area contributed by atoms with Gasteiger partial charge in [-0.25, -0.2) is 4.85 Å². The zero-order valence-electron chi connectivity index (χ0n) is 19.5. The molecule has 0 atom stereocenters. The maximum Gasteiger partial charge on any atom is 0.188 e. The predicted molar refractivity (Wildman–Crippen MR) is 144 cm³/mol. The number of para-hydroxylation sites is 2. The zero-order chi connectivity index (χ0) is 24.5. The van der Waals surface area contributed by atoms with E-state index in [4.69, 9.17) is 6.57 Å². The Kier molecular flexibility index (Phi) is 5.11. The summed E-state index contributed by atoms with van der Waals surface area (Å²) in [5.41, 5.74) is 7.80. The lowest BCUT2D eigenvalue weighted by atomic mass is 9.62. The predicted octanol–water partition coefficient (Wildman–Crippen LogP) is 8.27. The highest BCUT2D eigenvalue weighted by Gasteiger charge is 2.46. The van der Waals surface area contributed by atoms with Gasteiger partial charge in [0.15, 0.2) is 5.69 Å². The lowest BCUT2D eigenvalue weighted by Crippen LogP contribution is -2.37. The summed E-state index contributed by atoms with van der Waals surface area (Å²) in [6.07, 6.45) is 0. The molecule has 0 aromatic heterocycles. The molecule has 168 valence electrons. The van der Waals surface area contributed by atoms with Crippen LogP contribution in [-0.4, -0.2) is 0 Å².